The fourth-order valence-electron chi connectivity index (χ4n) is 1.69. The summed E-state index contributed by atoms with van der Waals surface area (Å²) in [7, 11) is 0. The lowest BCUT2D eigenvalue weighted by molar-refractivity contribution is 0.553. The van der Waals surface area contributed by atoms with E-state index in [2.05, 4.69) is 35.2 Å². The highest BCUT2D eigenvalue weighted by Gasteiger charge is 2.02. The first kappa shape index (κ1) is 11.0. The van der Waals surface area contributed by atoms with E-state index in [0.29, 0.717) is 5.92 Å². The lowest BCUT2D eigenvalue weighted by atomic mass is 10.1. The topological polar surface area (TPSA) is 37.8 Å². The van der Waals surface area contributed by atoms with E-state index >= 15 is 0 Å². The molecule has 0 amide bonds. The van der Waals surface area contributed by atoms with E-state index in [-0.39, 0.29) is 0 Å². The maximum absolute atomic E-state index is 4.38. The number of nitrogens with one attached hydrogen (secondary N) is 1. The summed E-state index contributed by atoms with van der Waals surface area (Å²) in [5.74, 6) is 0.668. The summed E-state index contributed by atoms with van der Waals surface area (Å²) in [6.45, 7) is 6.29. The zero-order valence-corrected chi connectivity index (χ0v) is 9.77. The van der Waals surface area contributed by atoms with Crippen LogP contribution in [0.1, 0.15) is 19.4 Å². The number of aromatic nitrogens is 2. The normalized spacial score (nSPS) is 11.2. The van der Waals surface area contributed by atoms with Crippen molar-refractivity contribution in [1.29, 1.82) is 0 Å². The maximum Gasteiger partial charge on any atom is 0.0931 e. The molecule has 1 aromatic heterocycles. The third kappa shape index (κ3) is 2.55. The third-order valence-electron chi connectivity index (χ3n) is 2.45. The molecule has 2 rings (SSSR count). The van der Waals surface area contributed by atoms with Crippen LogP contribution in [0.2, 0.25) is 0 Å². The molecule has 1 N–H and O–H groups in total. The van der Waals surface area contributed by atoms with E-state index in [9.17, 15) is 0 Å². The van der Waals surface area contributed by atoms with Crippen LogP contribution in [0.25, 0.3) is 11.0 Å². The number of nitrogens with zero attached hydrogens (tertiary/aromatic N) is 2. The van der Waals surface area contributed by atoms with Crippen molar-refractivity contribution >= 4 is 11.0 Å². The average molecular weight is 215 g/mol. The average Bonchev–Trinajstić information content (AvgIpc) is 2.29. The molecule has 0 radical (unpaired) electrons. The summed E-state index contributed by atoms with van der Waals surface area (Å²) < 4.78 is 0. The predicted molar refractivity (Wildman–Crippen MR) is 66.1 cm³/mol. The molecular formula is C13H17N3. The monoisotopic (exact) mass is 215 g/mol. The molecule has 0 saturated heterocycles. The SMILES string of the molecule is CC(C)CNCc1cccc2nccnc12. The van der Waals surface area contributed by atoms with Crippen molar-refractivity contribution in [1.82, 2.24) is 15.3 Å². The van der Waals surface area contributed by atoms with Crippen molar-refractivity contribution in [3.8, 4) is 0 Å². The Bertz CT molecular complexity index is 460. The molecule has 16 heavy (non-hydrogen) atoms. The van der Waals surface area contributed by atoms with Gasteiger partial charge in [-0.2, -0.15) is 0 Å². The molecular weight excluding hydrogens is 198 g/mol. The Balaban J connectivity index is 2.17. The predicted octanol–water partition coefficient (Wildman–Crippen LogP) is 2.38. The van der Waals surface area contributed by atoms with Crippen molar-refractivity contribution in [2.75, 3.05) is 6.54 Å². The van der Waals surface area contributed by atoms with Crippen LogP contribution in [-0.2, 0) is 6.54 Å². The van der Waals surface area contributed by atoms with Crippen LogP contribution < -0.4 is 5.32 Å². The van der Waals surface area contributed by atoms with Crippen LogP contribution in [-0.4, -0.2) is 16.5 Å². The van der Waals surface area contributed by atoms with Gasteiger partial charge in [0.2, 0.25) is 0 Å². The van der Waals surface area contributed by atoms with Gasteiger partial charge >= 0.3 is 0 Å². The fraction of sp³-hybridized carbons (Fsp3) is 0.385. The fourth-order valence-corrected chi connectivity index (χ4v) is 1.69. The van der Waals surface area contributed by atoms with E-state index in [1.807, 2.05) is 12.1 Å². The van der Waals surface area contributed by atoms with Gasteiger partial charge in [0.15, 0.2) is 0 Å². The summed E-state index contributed by atoms with van der Waals surface area (Å²) in [5, 5.41) is 3.43. The Morgan fingerprint density at radius 3 is 2.81 bits per heavy atom. The molecule has 0 unspecified atom stereocenters. The Hall–Kier alpha value is -1.48. The van der Waals surface area contributed by atoms with Crippen molar-refractivity contribution < 1.29 is 0 Å². The van der Waals surface area contributed by atoms with Crippen molar-refractivity contribution in [3.05, 3.63) is 36.2 Å². The lowest BCUT2D eigenvalue weighted by Gasteiger charge is -2.08. The number of para-hydroxylation sites is 1. The molecule has 0 fully saturated rings. The van der Waals surface area contributed by atoms with Gasteiger partial charge in [0.05, 0.1) is 11.0 Å². The highest BCUT2D eigenvalue weighted by atomic mass is 14.9. The molecule has 3 nitrogen and oxygen atoms in total. The Morgan fingerprint density at radius 1 is 1.19 bits per heavy atom. The molecule has 0 saturated carbocycles. The standard InChI is InChI=1S/C13H17N3/c1-10(2)8-14-9-11-4-3-5-12-13(11)16-7-6-15-12/h3-7,10,14H,8-9H2,1-2H3. The third-order valence-corrected chi connectivity index (χ3v) is 2.45. The molecule has 1 aromatic carbocycles. The first-order chi connectivity index (χ1) is 7.77. The maximum atomic E-state index is 4.38. The second-order valence-electron chi connectivity index (χ2n) is 4.37. The van der Waals surface area contributed by atoms with E-state index in [1.54, 1.807) is 12.4 Å². The van der Waals surface area contributed by atoms with Crippen LogP contribution in [0.5, 0.6) is 0 Å². The molecule has 0 spiro atoms. The largest absolute Gasteiger partial charge is 0.312 e. The van der Waals surface area contributed by atoms with Gasteiger partial charge in [-0.05, 0) is 24.1 Å². The zero-order valence-electron chi connectivity index (χ0n) is 9.77. The first-order valence-corrected chi connectivity index (χ1v) is 5.66. The summed E-state index contributed by atoms with van der Waals surface area (Å²) in [6, 6.07) is 6.13. The summed E-state index contributed by atoms with van der Waals surface area (Å²) in [5.41, 5.74) is 3.18. The van der Waals surface area contributed by atoms with Crippen LogP contribution in [0, 0.1) is 5.92 Å². The molecule has 1 heterocycles. The van der Waals surface area contributed by atoms with Crippen molar-refractivity contribution in [2.45, 2.75) is 20.4 Å². The van der Waals surface area contributed by atoms with Gasteiger partial charge < -0.3 is 5.32 Å². The number of hydrogen-bond donors (Lipinski definition) is 1. The first-order valence-electron chi connectivity index (χ1n) is 5.66. The minimum Gasteiger partial charge on any atom is -0.312 e. The second kappa shape index (κ2) is 5.03. The molecule has 84 valence electrons. The smallest absolute Gasteiger partial charge is 0.0931 e. The quantitative estimate of drug-likeness (QED) is 0.851. The molecule has 3 heteroatoms. The van der Waals surface area contributed by atoms with Crippen LogP contribution in [0.4, 0.5) is 0 Å². The highest BCUT2D eigenvalue weighted by Crippen LogP contribution is 2.13. The van der Waals surface area contributed by atoms with E-state index in [1.165, 1.54) is 5.56 Å². The van der Waals surface area contributed by atoms with Crippen LogP contribution >= 0.6 is 0 Å². The van der Waals surface area contributed by atoms with Gasteiger partial charge in [-0.25, -0.2) is 0 Å². The van der Waals surface area contributed by atoms with Crippen molar-refractivity contribution in [2.24, 2.45) is 5.92 Å². The van der Waals surface area contributed by atoms with Gasteiger partial charge in [0, 0.05) is 18.9 Å². The summed E-state index contributed by atoms with van der Waals surface area (Å²) in [6.07, 6.45) is 3.47. The van der Waals surface area contributed by atoms with E-state index < -0.39 is 0 Å². The second-order valence-corrected chi connectivity index (χ2v) is 4.37. The Labute approximate surface area is 95.9 Å². The molecule has 0 atom stereocenters. The van der Waals surface area contributed by atoms with Gasteiger partial charge in [-0.1, -0.05) is 26.0 Å². The van der Waals surface area contributed by atoms with Crippen molar-refractivity contribution in [3.63, 3.8) is 0 Å². The minimum absolute atomic E-state index is 0.668. The summed E-state index contributed by atoms with van der Waals surface area (Å²) in [4.78, 5) is 8.67. The van der Waals surface area contributed by atoms with Gasteiger partial charge in [0.25, 0.3) is 0 Å². The Kier molecular flexibility index (Phi) is 3.47. The molecule has 0 aliphatic heterocycles. The van der Waals surface area contributed by atoms with E-state index in [0.717, 1.165) is 24.1 Å². The molecule has 2 aromatic rings. The summed E-state index contributed by atoms with van der Waals surface area (Å²) >= 11 is 0. The van der Waals surface area contributed by atoms with Gasteiger partial charge in [0.1, 0.15) is 0 Å². The molecule has 0 aliphatic carbocycles. The number of hydrogen-bond acceptors (Lipinski definition) is 3. The Morgan fingerprint density at radius 2 is 2.00 bits per heavy atom. The van der Waals surface area contributed by atoms with Crippen LogP contribution in [0.3, 0.4) is 0 Å². The van der Waals surface area contributed by atoms with Gasteiger partial charge in [-0.3, -0.25) is 9.97 Å². The highest BCUT2D eigenvalue weighted by molar-refractivity contribution is 5.77. The van der Waals surface area contributed by atoms with E-state index in [4.69, 9.17) is 0 Å². The minimum atomic E-state index is 0.668. The molecule has 0 aliphatic rings. The molecule has 0 bridgehead atoms. The lowest BCUT2D eigenvalue weighted by Crippen LogP contribution is -2.19. The number of rotatable bonds is 4. The van der Waals surface area contributed by atoms with Gasteiger partial charge in [-0.15, -0.1) is 0 Å². The zero-order chi connectivity index (χ0) is 11.4. The number of fused-ring (bicyclic) bond motifs is 1. The van der Waals surface area contributed by atoms with Crippen LogP contribution in [0.15, 0.2) is 30.6 Å². The number of benzene rings is 1.